The summed E-state index contributed by atoms with van der Waals surface area (Å²) in [6.07, 6.45) is 5.02. The van der Waals surface area contributed by atoms with Crippen molar-refractivity contribution >= 4 is 50.4 Å². The molecule has 2 unspecified atom stereocenters. The maximum Gasteiger partial charge on any atom is 0.200 e. The molecule has 1 aliphatic rings. The zero-order valence-electron chi connectivity index (χ0n) is 14.5. The second kappa shape index (κ2) is 8.43. The van der Waals surface area contributed by atoms with Crippen LogP contribution in [0.2, 0.25) is 0 Å². The molecule has 2 atom stereocenters. The van der Waals surface area contributed by atoms with Crippen LogP contribution in [0.4, 0.5) is 20.3 Å². The van der Waals surface area contributed by atoms with Crippen molar-refractivity contribution in [1.29, 1.82) is 0 Å². The van der Waals surface area contributed by atoms with E-state index in [1.807, 2.05) is 6.92 Å². The SMILES string of the molecule is CCCS(=O)Nc1ccc(F)c(C(=O)c2c[nH]c3c2CCC(Br)C=N3)c1F. The Hall–Kier alpha value is -1.87. The number of fused-ring (bicyclic) bond motifs is 1. The predicted octanol–water partition coefficient (Wildman–Crippen LogP) is 4.42. The lowest BCUT2D eigenvalue weighted by Crippen LogP contribution is -2.14. The second-order valence-corrected chi connectivity index (χ2v) is 8.61. The summed E-state index contributed by atoms with van der Waals surface area (Å²) >= 11 is 3.45. The zero-order chi connectivity index (χ0) is 19.6. The summed E-state index contributed by atoms with van der Waals surface area (Å²) in [4.78, 5) is 20.1. The van der Waals surface area contributed by atoms with Crippen molar-refractivity contribution in [3.05, 3.63) is 46.7 Å². The number of carbonyl (C=O) groups is 1. The average Bonchev–Trinajstić information content (AvgIpc) is 2.94. The van der Waals surface area contributed by atoms with Gasteiger partial charge >= 0.3 is 0 Å². The molecule has 2 heterocycles. The number of halogens is 3. The monoisotopic (exact) mass is 457 g/mol. The molecule has 5 nitrogen and oxygen atoms in total. The summed E-state index contributed by atoms with van der Waals surface area (Å²) in [5, 5.41) is 0. The zero-order valence-corrected chi connectivity index (χ0v) is 16.9. The molecule has 1 aromatic carbocycles. The van der Waals surface area contributed by atoms with Crippen LogP contribution in [0.5, 0.6) is 0 Å². The number of nitrogens with one attached hydrogen (secondary N) is 2. The van der Waals surface area contributed by atoms with Gasteiger partial charge in [0, 0.05) is 29.3 Å². The van der Waals surface area contributed by atoms with Gasteiger partial charge in [-0.25, -0.2) is 18.0 Å². The molecule has 1 aliphatic heterocycles. The molecule has 0 saturated heterocycles. The van der Waals surface area contributed by atoms with E-state index in [1.165, 1.54) is 6.20 Å². The van der Waals surface area contributed by atoms with Gasteiger partial charge in [-0.15, -0.1) is 0 Å². The van der Waals surface area contributed by atoms with Crippen molar-refractivity contribution in [2.75, 3.05) is 10.5 Å². The van der Waals surface area contributed by atoms with Gasteiger partial charge < -0.3 is 9.71 Å². The third-order valence-corrected chi connectivity index (χ3v) is 6.10. The topological polar surface area (TPSA) is 74.3 Å². The molecule has 0 fully saturated rings. The number of aromatic nitrogens is 1. The number of alkyl halides is 1. The third kappa shape index (κ3) is 4.19. The fraction of sp³-hybridized carbons (Fsp3) is 0.333. The van der Waals surface area contributed by atoms with E-state index in [9.17, 15) is 17.8 Å². The first-order chi connectivity index (χ1) is 12.9. The highest BCUT2D eigenvalue weighted by molar-refractivity contribution is 9.09. The van der Waals surface area contributed by atoms with Crippen molar-refractivity contribution in [2.45, 2.75) is 31.0 Å². The molecule has 27 heavy (non-hydrogen) atoms. The maximum absolute atomic E-state index is 14.8. The van der Waals surface area contributed by atoms with E-state index in [0.29, 0.717) is 36.4 Å². The first-order valence-electron chi connectivity index (χ1n) is 8.48. The van der Waals surface area contributed by atoms with Gasteiger partial charge in [0.2, 0.25) is 5.78 Å². The number of benzene rings is 1. The Labute approximate surface area is 166 Å². The highest BCUT2D eigenvalue weighted by Crippen LogP contribution is 2.31. The van der Waals surface area contributed by atoms with Gasteiger partial charge in [0.15, 0.2) is 5.82 Å². The molecular weight excluding hydrogens is 440 g/mol. The van der Waals surface area contributed by atoms with Crippen LogP contribution < -0.4 is 4.72 Å². The number of hydrogen-bond donors (Lipinski definition) is 2. The highest BCUT2D eigenvalue weighted by Gasteiger charge is 2.27. The smallest absolute Gasteiger partial charge is 0.200 e. The van der Waals surface area contributed by atoms with E-state index in [1.54, 1.807) is 6.21 Å². The lowest BCUT2D eigenvalue weighted by Gasteiger charge is -2.11. The maximum atomic E-state index is 14.8. The van der Waals surface area contributed by atoms with Gasteiger partial charge in [0.1, 0.15) is 22.6 Å². The molecule has 0 saturated carbocycles. The van der Waals surface area contributed by atoms with E-state index in [4.69, 9.17) is 0 Å². The van der Waals surface area contributed by atoms with Crippen molar-refractivity contribution < 1.29 is 17.8 Å². The molecule has 1 aromatic heterocycles. The van der Waals surface area contributed by atoms with Gasteiger partial charge in [-0.1, -0.05) is 22.9 Å². The third-order valence-electron chi connectivity index (χ3n) is 4.18. The van der Waals surface area contributed by atoms with E-state index < -0.39 is 34.0 Å². The molecule has 2 N–H and O–H groups in total. The predicted molar refractivity (Wildman–Crippen MR) is 107 cm³/mol. The van der Waals surface area contributed by atoms with E-state index in [-0.39, 0.29) is 16.1 Å². The van der Waals surface area contributed by atoms with Gasteiger partial charge in [0.05, 0.1) is 16.1 Å². The lowest BCUT2D eigenvalue weighted by molar-refractivity contribution is 0.103. The van der Waals surface area contributed by atoms with Crippen LogP contribution in [0.25, 0.3) is 0 Å². The Balaban J connectivity index is 1.98. The largest absolute Gasteiger partial charge is 0.346 e. The summed E-state index contributed by atoms with van der Waals surface area (Å²) in [5.41, 5.74) is -0.0103. The number of rotatable bonds is 6. The van der Waals surface area contributed by atoms with Crippen molar-refractivity contribution in [3.63, 3.8) is 0 Å². The second-order valence-electron chi connectivity index (χ2n) is 6.13. The molecule has 3 rings (SSSR count). The number of ketones is 1. The molecule has 0 radical (unpaired) electrons. The van der Waals surface area contributed by atoms with E-state index in [0.717, 1.165) is 12.1 Å². The van der Waals surface area contributed by atoms with Gasteiger partial charge in [0.25, 0.3) is 0 Å². The minimum Gasteiger partial charge on any atom is -0.346 e. The highest BCUT2D eigenvalue weighted by atomic mass is 79.9. The lowest BCUT2D eigenvalue weighted by atomic mass is 9.98. The van der Waals surface area contributed by atoms with E-state index >= 15 is 0 Å². The Morgan fingerprint density at radius 3 is 2.96 bits per heavy atom. The average molecular weight is 458 g/mol. The molecule has 144 valence electrons. The Bertz CT molecular complexity index is 930. The summed E-state index contributed by atoms with van der Waals surface area (Å²) in [6.45, 7) is 1.84. The molecule has 0 bridgehead atoms. The first kappa shape index (κ1) is 19.9. The minimum atomic E-state index is -1.51. The fourth-order valence-corrected chi connectivity index (χ4v) is 4.08. The van der Waals surface area contributed by atoms with Crippen molar-refractivity contribution in [1.82, 2.24) is 4.98 Å². The van der Waals surface area contributed by atoms with Crippen LogP contribution >= 0.6 is 15.9 Å². The van der Waals surface area contributed by atoms with Gasteiger partial charge in [-0.05, 0) is 31.4 Å². The summed E-state index contributed by atoms with van der Waals surface area (Å²) in [6, 6.07) is 2.14. The summed E-state index contributed by atoms with van der Waals surface area (Å²) < 4.78 is 43.5. The Morgan fingerprint density at radius 1 is 1.44 bits per heavy atom. The van der Waals surface area contributed by atoms with Crippen molar-refractivity contribution in [3.8, 4) is 0 Å². The van der Waals surface area contributed by atoms with Crippen molar-refractivity contribution in [2.24, 2.45) is 4.99 Å². The Morgan fingerprint density at radius 2 is 2.22 bits per heavy atom. The first-order valence-corrected chi connectivity index (χ1v) is 10.7. The number of aromatic amines is 1. The molecule has 9 heteroatoms. The van der Waals surface area contributed by atoms with Crippen LogP contribution in [0.3, 0.4) is 0 Å². The molecule has 0 spiro atoms. The fourth-order valence-electron chi connectivity index (χ4n) is 2.86. The summed E-state index contributed by atoms with van der Waals surface area (Å²) in [7, 11) is -1.51. The number of H-pyrrole nitrogens is 1. The minimum absolute atomic E-state index is 0.0656. The standard InChI is InChI=1S/C18H18BrF2N3O2S/c1-2-7-27(26)24-14-6-5-13(20)15(16(14)21)17(25)12-9-23-18-11(12)4-3-10(19)8-22-18/h5-6,8-10,23-24H,2-4,7H2,1H3. The van der Waals surface area contributed by atoms with Crippen LogP contribution in [0.15, 0.2) is 23.3 Å². The number of aliphatic imine (C=N–C) groups is 1. The molecular formula is C18H18BrF2N3O2S. The molecule has 2 aromatic rings. The van der Waals surface area contributed by atoms with Crippen LogP contribution in [0.1, 0.15) is 41.3 Å². The summed E-state index contributed by atoms with van der Waals surface area (Å²) in [5.74, 6) is -1.95. The normalized spacial score (nSPS) is 17.3. The quantitative estimate of drug-likeness (QED) is 0.497. The van der Waals surface area contributed by atoms with Crippen LogP contribution in [0, 0.1) is 11.6 Å². The number of anilines is 1. The van der Waals surface area contributed by atoms with Crippen LogP contribution in [-0.2, 0) is 17.4 Å². The van der Waals surface area contributed by atoms with E-state index in [2.05, 4.69) is 30.6 Å². The Kier molecular flexibility index (Phi) is 6.21. The number of nitrogens with zero attached hydrogens (tertiary/aromatic N) is 1. The molecule has 0 aliphatic carbocycles. The number of hydrogen-bond acceptors (Lipinski definition) is 3. The van der Waals surface area contributed by atoms with Gasteiger partial charge in [-0.3, -0.25) is 4.79 Å². The van der Waals surface area contributed by atoms with Gasteiger partial charge in [-0.2, -0.15) is 0 Å². The van der Waals surface area contributed by atoms with Crippen LogP contribution in [-0.4, -0.2) is 31.8 Å². The molecule has 0 amide bonds. The number of carbonyl (C=O) groups excluding carboxylic acids is 1.